The van der Waals surface area contributed by atoms with Crippen molar-refractivity contribution in [1.29, 1.82) is 0 Å². The summed E-state index contributed by atoms with van der Waals surface area (Å²) >= 11 is 0. The van der Waals surface area contributed by atoms with Crippen LogP contribution in [0.25, 0.3) is 21.5 Å². The van der Waals surface area contributed by atoms with Crippen LogP contribution in [0.15, 0.2) is 90.0 Å². The van der Waals surface area contributed by atoms with Crippen LogP contribution in [0, 0.1) is 0 Å². The predicted octanol–water partition coefficient (Wildman–Crippen LogP) is 4.92. The summed E-state index contributed by atoms with van der Waals surface area (Å²) in [6.45, 7) is 0.649. The van der Waals surface area contributed by atoms with Crippen molar-refractivity contribution < 1.29 is 4.79 Å². The van der Waals surface area contributed by atoms with E-state index in [-0.39, 0.29) is 11.7 Å². The van der Waals surface area contributed by atoms with Crippen LogP contribution < -0.4 is 5.43 Å². The van der Waals surface area contributed by atoms with E-state index in [9.17, 15) is 4.79 Å². The van der Waals surface area contributed by atoms with Gasteiger partial charge in [-0.25, -0.2) is 0 Å². The summed E-state index contributed by atoms with van der Waals surface area (Å²) in [4.78, 5) is 13.5. The van der Waals surface area contributed by atoms with Gasteiger partial charge < -0.3 is 5.43 Å². The zero-order valence-corrected chi connectivity index (χ0v) is 14.7. The predicted molar refractivity (Wildman–Crippen MR) is 110 cm³/mol. The number of fused-ring (bicyclic) bond motifs is 3. The molecule has 0 radical (unpaired) electrons. The monoisotopic (exact) mass is 350 g/mol. The number of benzene rings is 4. The molecule has 3 nitrogen and oxygen atoms in total. The summed E-state index contributed by atoms with van der Waals surface area (Å²) in [5.41, 5.74) is 5.44. The Morgan fingerprint density at radius 3 is 2.30 bits per heavy atom. The quantitative estimate of drug-likeness (QED) is 0.421. The van der Waals surface area contributed by atoms with Crippen LogP contribution in [0.2, 0.25) is 0 Å². The van der Waals surface area contributed by atoms with Gasteiger partial charge in [-0.15, -0.1) is 0 Å². The van der Waals surface area contributed by atoms with Crippen molar-refractivity contribution in [3.8, 4) is 0 Å². The Morgan fingerprint density at radius 2 is 1.48 bits per heavy atom. The first-order valence-corrected chi connectivity index (χ1v) is 9.13. The summed E-state index contributed by atoms with van der Waals surface area (Å²) in [6.07, 6.45) is 0. The lowest BCUT2D eigenvalue weighted by Gasteiger charge is -2.14. The molecule has 1 N–H and O–H groups in total. The van der Waals surface area contributed by atoms with E-state index in [2.05, 4.69) is 40.9 Å². The Morgan fingerprint density at radius 1 is 0.815 bits per heavy atom. The van der Waals surface area contributed by atoms with Crippen LogP contribution in [-0.2, 0) is 0 Å². The first kappa shape index (κ1) is 15.8. The molecule has 1 atom stereocenters. The Balaban J connectivity index is 1.67. The molecule has 3 heteroatoms. The van der Waals surface area contributed by atoms with E-state index in [1.165, 1.54) is 0 Å². The summed E-state index contributed by atoms with van der Waals surface area (Å²) in [6, 6.07) is 28.4. The van der Waals surface area contributed by atoms with E-state index in [1.807, 2.05) is 54.6 Å². The highest BCUT2D eigenvalue weighted by atomic mass is 16.1. The molecule has 4 aromatic rings. The molecule has 0 fully saturated rings. The zero-order chi connectivity index (χ0) is 18.2. The van der Waals surface area contributed by atoms with Crippen LogP contribution in [0.3, 0.4) is 0 Å². The molecule has 1 heterocycles. The highest BCUT2D eigenvalue weighted by molar-refractivity contribution is 6.50. The van der Waals surface area contributed by atoms with Gasteiger partial charge >= 0.3 is 0 Å². The molecule has 4 aromatic carbocycles. The van der Waals surface area contributed by atoms with Crippen molar-refractivity contribution in [3.05, 3.63) is 96.1 Å². The Hall–Kier alpha value is -3.46. The fraction of sp³-hybridized carbons (Fsp3) is 0.0833. The van der Waals surface area contributed by atoms with Gasteiger partial charge in [-0.3, -0.25) is 4.79 Å². The highest BCUT2D eigenvalue weighted by Crippen LogP contribution is 2.31. The third-order valence-corrected chi connectivity index (χ3v) is 5.27. The highest BCUT2D eigenvalue weighted by Gasteiger charge is 2.30. The van der Waals surface area contributed by atoms with E-state index < -0.39 is 0 Å². The van der Waals surface area contributed by atoms with Crippen molar-refractivity contribution >= 4 is 33.0 Å². The largest absolute Gasteiger partial charge is 0.309 e. The number of hydrogen-bond donors (Lipinski definition) is 1. The van der Waals surface area contributed by atoms with Crippen LogP contribution in [0.5, 0.6) is 0 Å². The molecule has 27 heavy (non-hydrogen) atoms. The molecule has 0 amide bonds. The topological polar surface area (TPSA) is 41.5 Å². The molecular weight excluding hydrogens is 332 g/mol. The van der Waals surface area contributed by atoms with Crippen LogP contribution in [0.4, 0.5) is 0 Å². The van der Waals surface area contributed by atoms with Crippen molar-refractivity contribution in [2.24, 2.45) is 5.10 Å². The molecule has 1 aliphatic rings. The van der Waals surface area contributed by atoms with Crippen molar-refractivity contribution in [2.45, 2.75) is 5.92 Å². The van der Waals surface area contributed by atoms with Gasteiger partial charge in [-0.1, -0.05) is 78.9 Å². The number of Topliss-reactive ketones (excluding diaryl/α,β-unsaturated/α-hetero) is 1. The minimum absolute atomic E-state index is 0.00388. The lowest BCUT2D eigenvalue weighted by atomic mass is 9.87. The first-order chi connectivity index (χ1) is 13.3. The zero-order valence-electron chi connectivity index (χ0n) is 14.7. The van der Waals surface area contributed by atoms with Gasteiger partial charge in [0.2, 0.25) is 5.78 Å². The summed E-state index contributed by atoms with van der Waals surface area (Å²) in [5, 5.41) is 8.68. The molecule has 1 aliphatic heterocycles. The van der Waals surface area contributed by atoms with Gasteiger partial charge in [0, 0.05) is 12.1 Å². The average Bonchev–Trinajstić information content (AvgIpc) is 3.23. The molecule has 5 rings (SSSR count). The first-order valence-electron chi connectivity index (χ1n) is 9.13. The Kier molecular flexibility index (Phi) is 3.72. The molecule has 0 aliphatic carbocycles. The van der Waals surface area contributed by atoms with Crippen LogP contribution in [0.1, 0.15) is 21.8 Å². The minimum atomic E-state index is -0.0241. The number of nitrogens with zero attached hydrogens (tertiary/aromatic N) is 1. The maximum atomic E-state index is 13.5. The maximum absolute atomic E-state index is 13.5. The summed E-state index contributed by atoms with van der Waals surface area (Å²) in [7, 11) is 0. The summed E-state index contributed by atoms with van der Waals surface area (Å²) < 4.78 is 0. The number of hydrazone groups is 1. The lowest BCUT2D eigenvalue weighted by molar-refractivity contribution is 0.106. The number of carbonyl (C=O) groups is 1. The van der Waals surface area contributed by atoms with Crippen molar-refractivity contribution in [2.75, 3.05) is 6.54 Å². The maximum Gasteiger partial charge on any atom is 0.210 e. The van der Waals surface area contributed by atoms with Crippen LogP contribution >= 0.6 is 0 Å². The van der Waals surface area contributed by atoms with E-state index in [0.29, 0.717) is 17.8 Å². The smallest absolute Gasteiger partial charge is 0.210 e. The SMILES string of the molecule is O=C(C1=NNC[C@@H]1c1ccccc1)c1cc2ccccc2c2ccccc12. The average molecular weight is 350 g/mol. The van der Waals surface area contributed by atoms with Crippen molar-refractivity contribution in [3.63, 3.8) is 0 Å². The second kappa shape index (κ2) is 6.36. The molecule has 0 aromatic heterocycles. The molecule has 0 unspecified atom stereocenters. The van der Waals surface area contributed by atoms with E-state index in [1.54, 1.807) is 0 Å². The van der Waals surface area contributed by atoms with Crippen molar-refractivity contribution in [1.82, 2.24) is 5.43 Å². The Labute approximate surface area is 157 Å². The van der Waals surface area contributed by atoms with Gasteiger partial charge in [0.15, 0.2) is 0 Å². The fourth-order valence-corrected chi connectivity index (χ4v) is 3.95. The van der Waals surface area contributed by atoms with Gasteiger partial charge in [0.25, 0.3) is 0 Å². The number of rotatable bonds is 3. The number of carbonyl (C=O) groups excluding carboxylic acids is 1. The van der Waals surface area contributed by atoms with E-state index >= 15 is 0 Å². The van der Waals surface area contributed by atoms with Gasteiger partial charge in [-0.2, -0.15) is 5.10 Å². The standard InChI is InChI=1S/C24H18N2O/c27-24(23-22(15-25-26-23)16-8-2-1-3-9-16)21-14-17-10-4-5-11-18(17)19-12-6-7-13-20(19)21/h1-14,22,25H,15H2/t22-/m1/s1. The minimum Gasteiger partial charge on any atom is -0.309 e. The molecule has 0 saturated carbocycles. The number of nitrogens with one attached hydrogen (secondary N) is 1. The summed E-state index contributed by atoms with van der Waals surface area (Å²) in [5.74, 6) is -0.0280. The van der Waals surface area contributed by atoms with Gasteiger partial charge in [-0.05, 0) is 33.2 Å². The van der Waals surface area contributed by atoms with E-state index in [0.717, 1.165) is 27.1 Å². The molecular formula is C24H18N2O. The normalized spacial score (nSPS) is 16.3. The molecule has 130 valence electrons. The van der Waals surface area contributed by atoms with Gasteiger partial charge in [0.1, 0.15) is 5.71 Å². The molecule has 0 spiro atoms. The lowest BCUT2D eigenvalue weighted by Crippen LogP contribution is -2.22. The third kappa shape index (κ3) is 2.59. The number of ketones is 1. The number of hydrogen-bond acceptors (Lipinski definition) is 3. The second-order valence-electron chi connectivity index (χ2n) is 6.84. The Bertz CT molecular complexity index is 1190. The fourth-order valence-electron chi connectivity index (χ4n) is 3.95. The van der Waals surface area contributed by atoms with Gasteiger partial charge in [0.05, 0.1) is 5.92 Å². The second-order valence-corrected chi connectivity index (χ2v) is 6.84. The molecule has 0 bridgehead atoms. The molecule has 0 saturated heterocycles. The van der Waals surface area contributed by atoms with Crippen LogP contribution in [-0.4, -0.2) is 18.0 Å². The van der Waals surface area contributed by atoms with E-state index in [4.69, 9.17) is 0 Å². The third-order valence-electron chi connectivity index (χ3n) is 5.27.